The van der Waals surface area contributed by atoms with Crippen molar-refractivity contribution >= 4 is 0 Å². The van der Waals surface area contributed by atoms with Gasteiger partial charge in [0, 0.05) is 18.6 Å². The minimum Gasteiger partial charge on any atom is -0.297 e. The van der Waals surface area contributed by atoms with Crippen LogP contribution < -0.4 is 0 Å². The predicted octanol–water partition coefficient (Wildman–Crippen LogP) is 3.69. The van der Waals surface area contributed by atoms with Gasteiger partial charge in [0.25, 0.3) is 0 Å². The molecule has 1 heterocycles. The predicted molar refractivity (Wildman–Crippen MR) is 68.4 cm³/mol. The molecule has 2 saturated carbocycles. The van der Waals surface area contributed by atoms with Crippen LogP contribution in [0.5, 0.6) is 0 Å². The summed E-state index contributed by atoms with van der Waals surface area (Å²) in [4.78, 5) is 2.80. The second-order valence-corrected chi connectivity index (χ2v) is 7.37. The molecule has 0 N–H and O–H groups in total. The van der Waals surface area contributed by atoms with Crippen molar-refractivity contribution in [2.45, 2.75) is 71.9 Å². The lowest BCUT2D eigenvalue weighted by molar-refractivity contribution is 0.156. The summed E-state index contributed by atoms with van der Waals surface area (Å²) in [7, 11) is 0. The highest BCUT2D eigenvalue weighted by atomic mass is 15.2. The number of hydrogen-bond donors (Lipinski definition) is 0. The number of likely N-dealkylation sites (tertiary alicyclic amines) is 1. The van der Waals surface area contributed by atoms with E-state index >= 15 is 0 Å². The average Bonchev–Trinajstić information content (AvgIpc) is 2.60. The monoisotopic (exact) mass is 221 g/mol. The van der Waals surface area contributed by atoms with E-state index < -0.39 is 0 Å². The lowest BCUT2D eigenvalue weighted by atomic mass is 9.74. The summed E-state index contributed by atoms with van der Waals surface area (Å²) in [5.74, 6) is 0.833. The second-order valence-electron chi connectivity index (χ2n) is 7.37. The molecule has 2 unspecified atom stereocenters. The van der Waals surface area contributed by atoms with Crippen molar-refractivity contribution < 1.29 is 0 Å². The van der Waals surface area contributed by atoms with Crippen LogP contribution in [-0.4, -0.2) is 23.5 Å². The molecule has 3 aliphatic rings. The molecule has 0 aromatic rings. The van der Waals surface area contributed by atoms with Gasteiger partial charge in [0.15, 0.2) is 0 Å². The lowest BCUT2D eigenvalue weighted by Gasteiger charge is -2.32. The Kier molecular flexibility index (Phi) is 2.25. The minimum atomic E-state index is 0.740. The van der Waals surface area contributed by atoms with Gasteiger partial charge in [-0.2, -0.15) is 0 Å². The Morgan fingerprint density at radius 2 is 1.75 bits per heavy atom. The molecule has 2 atom stereocenters. The third-order valence-electron chi connectivity index (χ3n) is 5.93. The summed E-state index contributed by atoms with van der Waals surface area (Å²) in [5, 5.41) is 0. The normalized spacial score (nSPS) is 41.2. The fourth-order valence-corrected chi connectivity index (χ4v) is 4.66. The van der Waals surface area contributed by atoms with Gasteiger partial charge in [0.05, 0.1) is 0 Å². The molecule has 0 radical (unpaired) electrons. The van der Waals surface area contributed by atoms with Gasteiger partial charge >= 0.3 is 0 Å². The van der Waals surface area contributed by atoms with Crippen molar-refractivity contribution in [3.8, 4) is 0 Å². The molecule has 1 heteroatoms. The molecule has 16 heavy (non-hydrogen) atoms. The first-order chi connectivity index (χ1) is 7.50. The maximum atomic E-state index is 2.80. The van der Waals surface area contributed by atoms with E-state index in [2.05, 4.69) is 32.6 Å². The third-order valence-corrected chi connectivity index (χ3v) is 5.93. The Labute approximate surface area is 101 Å². The Balaban J connectivity index is 1.78. The van der Waals surface area contributed by atoms with E-state index in [4.69, 9.17) is 0 Å². The van der Waals surface area contributed by atoms with Crippen molar-refractivity contribution in [2.24, 2.45) is 16.7 Å². The van der Waals surface area contributed by atoms with Crippen LogP contribution in [-0.2, 0) is 0 Å². The van der Waals surface area contributed by atoms with Crippen molar-refractivity contribution in [1.29, 1.82) is 0 Å². The van der Waals surface area contributed by atoms with E-state index in [-0.39, 0.29) is 0 Å². The van der Waals surface area contributed by atoms with Crippen LogP contribution in [0.3, 0.4) is 0 Å². The van der Waals surface area contributed by atoms with E-state index in [0.717, 1.165) is 28.8 Å². The SMILES string of the molecule is CC(C)C1CC2(CN1C(C)C)CC21CCC1. The standard InChI is InChI=1S/C15H27N/c1-11(2)13-8-15(10-16(13)12(3)4)9-14(15)6-5-7-14/h11-13H,5-10H2,1-4H3. The third kappa shape index (κ3) is 1.27. The fourth-order valence-electron chi connectivity index (χ4n) is 4.66. The molecule has 1 aliphatic heterocycles. The highest BCUT2D eigenvalue weighted by Crippen LogP contribution is 2.77. The molecule has 0 bridgehead atoms. The molecule has 0 amide bonds. The smallest absolute Gasteiger partial charge is 0.0127 e. The first-order valence-corrected chi connectivity index (χ1v) is 7.25. The van der Waals surface area contributed by atoms with E-state index in [9.17, 15) is 0 Å². The van der Waals surface area contributed by atoms with Crippen LogP contribution in [0.25, 0.3) is 0 Å². The van der Waals surface area contributed by atoms with Crippen LogP contribution in [0.4, 0.5) is 0 Å². The minimum absolute atomic E-state index is 0.740. The van der Waals surface area contributed by atoms with Gasteiger partial charge in [-0.25, -0.2) is 0 Å². The highest BCUT2D eigenvalue weighted by Gasteiger charge is 2.72. The molecular formula is C15H27N. The van der Waals surface area contributed by atoms with Gasteiger partial charge in [-0.3, -0.25) is 4.90 Å². The number of nitrogens with zero attached hydrogens (tertiary/aromatic N) is 1. The molecule has 2 spiro atoms. The summed E-state index contributed by atoms with van der Waals surface area (Å²) < 4.78 is 0. The average molecular weight is 221 g/mol. The second kappa shape index (κ2) is 3.25. The first kappa shape index (κ1) is 11.1. The van der Waals surface area contributed by atoms with E-state index in [1.54, 1.807) is 19.3 Å². The molecule has 3 fully saturated rings. The van der Waals surface area contributed by atoms with E-state index in [1.807, 2.05) is 0 Å². The Bertz CT molecular complexity index is 272. The zero-order valence-corrected chi connectivity index (χ0v) is 11.4. The quantitative estimate of drug-likeness (QED) is 0.687. The molecular weight excluding hydrogens is 194 g/mol. The fraction of sp³-hybridized carbons (Fsp3) is 1.00. The van der Waals surface area contributed by atoms with Crippen LogP contribution in [0.15, 0.2) is 0 Å². The van der Waals surface area contributed by atoms with Crippen LogP contribution in [0, 0.1) is 16.7 Å². The van der Waals surface area contributed by atoms with Crippen molar-refractivity contribution in [2.75, 3.05) is 6.54 Å². The van der Waals surface area contributed by atoms with Gasteiger partial charge in [0.2, 0.25) is 0 Å². The molecule has 3 rings (SSSR count). The van der Waals surface area contributed by atoms with Gasteiger partial charge in [-0.05, 0) is 56.3 Å². The van der Waals surface area contributed by atoms with Gasteiger partial charge in [-0.1, -0.05) is 20.3 Å². The van der Waals surface area contributed by atoms with Gasteiger partial charge in [-0.15, -0.1) is 0 Å². The van der Waals surface area contributed by atoms with Crippen LogP contribution in [0.2, 0.25) is 0 Å². The molecule has 0 aromatic carbocycles. The Morgan fingerprint density at radius 3 is 2.06 bits per heavy atom. The summed E-state index contributed by atoms with van der Waals surface area (Å²) in [6, 6.07) is 1.60. The van der Waals surface area contributed by atoms with Gasteiger partial charge < -0.3 is 0 Å². The molecule has 0 aromatic heterocycles. The Hall–Kier alpha value is -0.0400. The zero-order chi connectivity index (χ0) is 11.6. The van der Waals surface area contributed by atoms with E-state index in [0.29, 0.717) is 0 Å². The largest absolute Gasteiger partial charge is 0.297 e. The zero-order valence-electron chi connectivity index (χ0n) is 11.4. The molecule has 1 nitrogen and oxygen atoms in total. The Morgan fingerprint density at radius 1 is 1.06 bits per heavy atom. The topological polar surface area (TPSA) is 3.24 Å². The summed E-state index contributed by atoms with van der Waals surface area (Å²) in [6.07, 6.45) is 7.67. The van der Waals surface area contributed by atoms with Crippen molar-refractivity contribution in [3.63, 3.8) is 0 Å². The van der Waals surface area contributed by atoms with Crippen LogP contribution in [0.1, 0.15) is 59.8 Å². The molecule has 92 valence electrons. The maximum Gasteiger partial charge on any atom is 0.0127 e. The van der Waals surface area contributed by atoms with E-state index in [1.165, 1.54) is 19.4 Å². The first-order valence-electron chi connectivity index (χ1n) is 7.25. The van der Waals surface area contributed by atoms with Crippen LogP contribution >= 0.6 is 0 Å². The highest BCUT2D eigenvalue weighted by molar-refractivity contribution is 5.22. The number of rotatable bonds is 2. The summed E-state index contributed by atoms with van der Waals surface area (Å²) in [6.45, 7) is 11.0. The van der Waals surface area contributed by atoms with Crippen molar-refractivity contribution in [3.05, 3.63) is 0 Å². The van der Waals surface area contributed by atoms with Gasteiger partial charge in [0.1, 0.15) is 0 Å². The number of hydrogen-bond acceptors (Lipinski definition) is 1. The molecule has 1 saturated heterocycles. The number of fused-ring (bicyclic) bond motifs is 1. The summed E-state index contributed by atoms with van der Waals surface area (Å²) >= 11 is 0. The maximum absolute atomic E-state index is 2.80. The van der Waals surface area contributed by atoms with Crippen molar-refractivity contribution in [1.82, 2.24) is 4.90 Å². The lowest BCUT2D eigenvalue weighted by Crippen LogP contribution is -2.38. The summed E-state index contributed by atoms with van der Waals surface area (Å²) in [5.41, 5.74) is 1.61. The molecule has 2 aliphatic carbocycles.